The number of unbranched alkanes of at least 4 members (excludes halogenated alkanes) is 2. The van der Waals surface area contributed by atoms with Gasteiger partial charge in [-0.15, -0.1) is 0 Å². The van der Waals surface area contributed by atoms with Crippen LogP contribution in [0.15, 0.2) is 37.2 Å². The van der Waals surface area contributed by atoms with Gasteiger partial charge in [0.05, 0.1) is 5.56 Å². The van der Waals surface area contributed by atoms with Gasteiger partial charge in [-0.05, 0) is 48.1 Å². The van der Waals surface area contributed by atoms with Gasteiger partial charge in [-0.2, -0.15) is 0 Å². The standard InChI is InChI=1S/C23H31NO2/c1-6-7-8-9-16(4)17(5)18-12-21(25)23(22(26)13-18)20-14-24-11-10-19(20)15(2)3/h10-14,16-17,25-26H,2,6-9H2,1,3-5H3. The molecule has 2 unspecified atom stereocenters. The van der Waals surface area contributed by atoms with Crippen molar-refractivity contribution in [2.45, 2.75) is 59.3 Å². The van der Waals surface area contributed by atoms with Crippen LogP contribution in [0.5, 0.6) is 11.5 Å². The van der Waals surface area contributed by atoms with Gasteiger partial charge < -0.3 is 10.2 Å². The second-order valence-electron chi connectivity index (χ2n) is 7.40. The zero-order valence-corrected chi connectivity index (χ0v) is 16.4. The molecule has 0 radical (unpaired) electrons. The van der Waals surface area contributed by atoms with Crippen molar-refractivity contribution in [1.29, 1.82) is 0 Å². The molecule has 3 heteroatoms. The third-order valence-corrected chi connectivity index (χ3v) is 5.31. The summed E-state index contributed by atoms with van der Waals surface area (Å²) in [6.45, 7) is 12.5. The number of phenolic OH excluding ortho intramolecular Hbond substituents is 2. The first-order chi connectivity index (χ1) is 12.4. The van der Waals surface area contributed by atoms with Gasteiger partial charge in [0.2, 0.25) is 0 Å². The van der Waals surface area contributed by atoms with E-state index in [2.05, 4.69) is 32.3 Å². The number of phenols is 2. The van der Waals surface area contributed by atoms with Gasteiger partial charge in [0, 0.05) is 18.0 Å². The van der Waals surface area contributed by atoms with Gasteiger partial charge in [-0.1, -0.05) is 58.6 Å². The van der Waals surface area contributed by atoms with Crippen LogP contribution in [0.4, 0.5) is 0 Å². The van der Waals surface area contributed by atoms with E-state index >= 15 is 0 Å². The van der Waals surface area contributed by atoms with Crippen molar-refractivity contribution < 1.29 is 10.2 Å². The molecule has 1 aromatic heterocycles. The monoisotopic (exact) mass is 353 g/mol. The largest absolute Gasteiger partial charge is 0.507 e. The maximum Gasteiger partial charge on any atom is 0.127 e. The summed E-state index contributed by atoms with van der Waals surface area (Å²) in [6.07, 6.45) is 8.19. The predicted molar refractivity (Wildman–Crippen MR) is 109 cm³/mol. The second kappa shape index (κ2) is 8.88. The van der Waals surface area contributed by atoms with E-state index in [9.17, 15) is 10.2 Å². The van der Waals surface area contributed by atoms with Crippen molar-refractivity contribution in [3.05, 3.63) is 48.3 Å². The molecule has 0 bridgehead atoms. The van der Waals surface area contributed by atoms with E-state index in [1.165, 1.54) is 19.3 Å². The Hall–Kier alpha value is -2.29. The summed E-state index contributed by atoms with van der Waals surface area (Å²) in [5.74, 6) is 0.939. The van der Waals surface area contributed by atoms with Crippen LogP contribution in [-0.2, 0) is 0 Å². The molecular weight excluding hydrogens is 322 g/mol. The van der Waals surface area contributed by atoms with E-state index in [1.807, 2.05) is 13.0 Å². The summed E-state index contributed by atoms with van der Waals surface area (Å²) in [4.78, 5) is 4.15. The lowest BCUT2D eigenvalue weighted by atomic mass is 9.84. The average Bonchev–Trinajstić information content (AvgIpc) is 2.60. The molecule has 2 N–H and O–H groups in total. The van der Waals surface area contributed by atoms with Crippen molar-refractivity contribution >= 4 is 5.57 Å². The lowest BCUT2D eigenvalue weighted by Crippen LogP contribution is -2.06. The molecule has 0 saturated carbocycles. The third-order valence-electron chi connectivity index (χ3n) is 5.31. The molecule has 1 aromatic carbocycles. The number of benzene rings is 1. The number of aromatic hydroxyl groups is 2. The van der Waals surface area contributed by atoms with Gasteiger partial charge in [0.15, 0.2) is 0 Å². The van der Waals surface area contributed by atoms with E-state index in [0.717, 1.165) is 23.1 Å². The first kappa shape index (κ1) is 20.0. The van der Waals surface area contributed by atoms with Crippen LogP contribution in [0.1, 0.15) is 70.4 Å². The number of rotatable bonds is 8. The average molecular weight is 354 g/mol. The maximum atomic E-state index is 10.7. The molecule has 26 heavy (non-hydrogen) atoms. The number of allylic oxidation sites excluding steroid dienone is 1. The molecule has 2 rings (SSSR count). The third kappa shape index (κ3) is 4.46. The molecule has 2 aromatic rings. The van der Waals surface area contributed by atoms with Crippen LogP contribution in [0, 0.1) is 5.92 Å². The highest BCUT2D eigenvalue weighted by molar-refractivity contribution is 5.85. The highest BCUT2D eigenvalue weighted by Gasteiger charge is 2.20. The van der Waals surface area contributed by atoms with Crippen molar-refractivity contribution in [3.63, 3.8) is 0 Å². The summed E-state index contributed by atoms with van der Waals surface area (Å²) >= 11 is 0. The van der Waals surface area contributed by atoms with Gasteiger partial charge in [0.1, 0.15) is 11.5 Å². The summed E-state index contributed by atoms with van der Waals surface area (Å²) < 4.78 is 0. The molecule has 0 amide bonds. The van der Waals surface area contributed by atoms with Gasteiger partial charge in [0.25, 0.3) is 0 Å². The summed E-state index contributed by atoms with van der Waals surface area (Å²) in [5, 5.41) is 21.3. The maximum absolute atomic E-state index is 10.7. The molecule has 0 fully saturated rings. The van der Waals surface area contributed by atoms with E-state index in [1.54, 1.807) is 24.5 Å². The van der Waals surface area contributed by atoms with Crippen LogP contribution in [0.3, 0.4) is 0 Å². The first-order valence-electron chi connectivity index (χ1n) is 9.52. The van der Waals surface area contributed by atoms with E-state index < -0.39 is 0 Å². The molecule has 2 atom stereocenters. The van der Waals surface area contributed by atoms with Crippen LogP contribution >= 0.6 is 0 Å². The quantitative estimate of drug-likeness (QED) is 0.532. The Kier molecular flexibility index (Phi) is 6.84. The van der Waals surface area contributed by atoms with Gasteiger partial charge >= 0.3 is 0 Å². The van der Waals surface area contributed by atoms with Crippen LogP contribution in [-0.4, -0.2) is 15.2 Å². The number of pyridine rings is 1. The Balaban J connectivity index is 2.36. The first-order valence-corrected chi connectivity index (χ1v) is 9.52. The highest BCUT2D eigenvalue weighted by Crippen LogP contribution is 2.43. The Labute approximate surface area is 157 Å². The molecular formula is C23H31NO2. The molecule has 1 heterocycles. The lowest BCUT2D eigenvalue weighted by Gasteiger charge is -2.22. The lowest BCUT2D eigenvalue weighted by molar-refractivity contribution is 0.421. The van der Waals surface area contributed by atoms with Crippen LogP contribution in [0.2, 0.25) is 0 Å². The topological polar surface area (TPSA) is 53.4 Å². The molecule has 0 aliphatic rings. The minimum absolute atomic E-state index is 0.0862. The van der Waals surface area contributed by atoms with E-state index in [0.29, 0.717) is 17.0 Å². The van der Waals surface area contributed by atoms with E-state index in [4.69, 9.17) is 0 Å². The Morgan fingerprint density at radius 2 is 1.81 bits per heavy atom. The zero-order valence-electron chi connectivity index (χ0n) is 16.4. The van der Waals surface area contributed by atoms with Crippen molar-refractivity contribution in [2.75, 3.05) is 0 Å². The van der Waals surface area contributed by atoms with Crippen LogP contribution < -0.4 is 0 Å². The SMILES string of the molecule is C=C(C)c1ccncc1-c1c(O)cc(C(C)C(C)CCCCC)cc1O. The minimum atomic E-state index is 0.0862. The summed E-state index contributed by atoms with van der Waals surface area (Å²) in [6, 6.07) is 5.42. The second-order valence-corrected chi connectivity index (χ2v) is 7.40. The highest BCUT2D eigenvalue weighted by atomic mass is 16.3. The summed E-state index contributed by atoms with van der Waals surface area (Å²) in [7, 11) is 0. The summed E-state index contributed by atoms with van der Waals surface area (Å²) in [5.41, 5.74) is 3.83. The molecule has 0 aliphatic carbocycles. The fourth-order valence-corrected chi connectivity index (χ4v) is 3.43. The molecule has 0 saturated heterocycles. The minimum Gasteiger partial charge on any atom is -0.507 e. The fourth-order valence-electron chi connectivity index (χ4n) is 3.43. The number of hydrogen-bond donors (Lipinski definition) is 2. The van der Waals surface area contributed by atoms with Gasteiger partial charge in [-0.25, -0.2) is 0 Å². The van der Waals surface area contributed by atoms with Crippen molar-refractivity contribution in [3.8, 4) is 22.6 Å². The number of nitrogens with zero attached hydrogens (tertiary/aromatic N) is 1. The Bertz CT molecular complexity index is 744. The van der Waals surface area contributed by atoms with E-state index in [-0.39, 0.29) is 17.4 Å². The Morgan fingerprint density at radius 3 is 2.38 bits per heavy atom. The molecule has 140 valence electrons. The smallest absolute Gasteiger partial charge is 0.127 e. The van der Waals surface area contributed by atoms with Gasteiger partial charge in [-0.3, -0.25) is 4.98 Å². The number of aromatic nitrogens is 1. The van der Waals surface area contributed by atoms with Crippen molar-refractivity contribution in [2.24, 2.45) is 5.92 Å². The van der Waals surface area contributed by atoms with Crippen LogP contribution in [0.25, 0.3) is 16.7 Å². The zero-order chi connectivity index (χ0) is 19.3. The normalized spacial score (nSPS) is 13.4. The molecule has 0 spiro atoms. The Morgan fingerprint density at radius 1 is 1.15 bits per heavy atom. The number of hydrogen-bond acceptors (Lipinski definition) is 3. The fraction of sp³-hybridized carbons (Fsp3) is 0.435. The predicted octanol–water partition coefficient (Wildman–Crippen LogP) is 6.51. The van der Waals surface area contributed by atoms with Crippen molar-refractivity contribution in [1.82, 2.24) is 4.98 Å². The molecule has 3 nitrogen and oxygen atoms in total. The molecule has 0 aliphatic heterocycles.